The van der Waals surface area contributed by atoms with Gasteiger partial charge in [-0.15, -0.1) is 0 Å². The zero-order valence-electron chi connectivity index (χ0n) is 26.5. The van der Waals surface area contributed by atoms with E-state index in [1.807, 2.05) is 0 Å². The normalized spacial score (nSPS) is 35.5. The first-order valence-corrected chi connectivity index (χ1v) is 14.4. The van der Waals surface area contributed by atoms with Gasteiger partial charge in [0, 0.05) is 20.6 Å². The van der Waals surface area contributed by atoms with Crippen LogP contribution in [0.15, 0.2) is 0 Å². The Kier molecular flexibility index (Phi) is 9.99. The van der Waals surface area contributed by atoms with Crippen molar-refractivity contribution in [3.63, 3.8) is 0 Å². The van der Waals surface area contributed by atoms with Crippen LogP contribution in [0.4, 0.5) is 4.79 Å². The number of carbonyl (C=O) groups excluding carboxylic acids is 3. The van der Waals surface area contributed by atoms with Gasteiger partial charge in [0.25, 0.3) is 0 Å². The lowest BCUT2D eigenvalue weighted by molar-refractivity contribution is -0.220. The first-order chi connectivity index (χ1) is 20.0. The van der Waals surface area contributed by atoms with Crippen molar-refractivity contribution in [2.45, 2.75) is 140 Å². The van der Waals surface area contributed by atoms with Crippen LogP contribution in [0.5, 0.6) is 0 Å². The SMILES string of the molecule is COC(=O)C[C@H](NC(=O)C[C@H](NC(=O)OC(C)(C)C)[C@H]1O[C@@H]2OC(C)(C)O[C@@H]2[C@H]1OC)[C@H]1O[C@@H]2OC(C)(C)O[C@@H]2[C@H]1OC. The number of hydrogen-bond donors (Lipinski definition) is 2. The third kappa shape index (κ3) is 7.95. The van der Waals surface area contributed by atoms with E-state index in [2.05, 4.69) is 10.6 Å². The minimum Gasteiger partial charge on any atom is -0.469 e. The molecule has 15 heteroatoms. The van der Waals surface area contributed by atoms with Crippen molar-refractivity contribution >= 4 is 18.0 Å². The Labute approximate surface area is 251 Å². The molecular formula is C28H46N2O13. The molecule has 4 rings (SSSR count). The van der Waals surface area contributed by atoms with Gasteiger partial charge in [0.05, 0.1) is 25.6 Å². The van der Waals surface area contributed by atoms with Gasteiger partial charge in [0.2, 0.25) is 5.91 Å². The molecule has 2 N–H and O–H groups in total. The summed E-state index contributed by atoms with van der Waals surface area (Å²) in [6.45, 7) is 12.2. The number of nitrogens with one attached hydrogen (secondary N) is 2. The van der Waals surface area contributed by atoms with Gasteiger partial charge in [0.1, 0.15) is 42.2 Å². The molecule has 4 heterocycles. The minimum atomic E-state index is -0.936. The van der Waals surface area contributed by atoms with Gasteiger partial charge in [-0.25, -0.2) is 4.79 Å². The predicted octanol–water partition coefficient (Wildman–Crippen LogP) is 1.10. The molecule has 4 fully saturated rings. The van der Waals surface area contributed by atoms with Crippen molar-refractivity contribution < 1.29 is 61.8 Å². The second-order valence-corrected chi connectivity index (χ2v) is 13.0. The van der Waals surface area contributed by atoms with Crippen LogP contribution >= 0.6 is 0 Å². The molecule has 0 unspecified atom stereocenters. The monoisotopic (exact) mass is 618 g/mol. The van der Waals surface area contributed by atoms with Crippen molar-refractivity contribution in [1.29, 1.82) is 0 Å². The average molecular weight is 619 g/mol. The van der Waals surface area contributed by atoms with Crippen LogP contribution in [0.2, 0.25) is 0 Å². The second-order valence-electron chi connectivity index (χ2n) is 13.0. The van der Waals surface area contributed by atoms with Crippen LogP contribution in [-0.2, 0) is 57.0 Å². The first kappa shape index (κ1) is 33.8. The number of esters is 1. The molecule has 4 aliphatic heterocycles. The van der Waals surface area contributed by atoms with E-state index in [0.29, 0.717) is 0 Å². The van der Waals surface area contributed by atoms with E-state index in [1.54, 1.807) is 48.5 Å². The number of alkyl carbamates (subject to hydrolysis) is 1. The van der Waals surface area contributed by atoms with Crippen LogP contribution < -0.4 is 10.6 Å². The quantitative estimate of drug-likeness (QED) is 0.334. The van der Waals surface area contributed by atoms with Crippen molar-refractivity contribution in [2.75, 3.05) is 21.3 Å². The van der Waals surface area contributed by atoms with Gasteiger partial charge in [-0.2, -0.15) is 0 Å². The van der Waals surface area contributed by atoms with Crippen molar-refractivity contribution in [1.82, 2.24) is 10.6 Å². The molecule has 0 spiro atoms. The summed E-state index contributed by atoms with van der Waals surface area (Å²) in [5, 5.41) is 5.61. The highest BCUT2D eigenvalue weighted by atomic mass is 16.9. The molecule has 43 heavy (non-hydrogen) atoms. The van der Waals surface area contributed by atoms with Crippen molar-refractivity contribution in [3.8, 4) is 0 Å². The third-order valence-electron chi connectivity index (χ3n) is 7.46. The molecular weight excluding hydrogens is 572 g/mol. The van der Waals surface area contributed by atoms with Gasteiger partial charge in [-0.3, -0.25) is 9.59 Å². The van der Waals surface area contributed by atoms with Crippen LogP contribution in [0.1, 0.15) is 61.3 Å². The fraction of sp³-hybridized carbons (Fsp3) is 0.893. The summed E-state index contributed by atoms with van der Waals surface area (Å²) in [7, 11) is 4.22. The largest absolute Gasteiger partial charge is 0.469 e. The summed E-state index contributed by atoms with van der Waals surface area (Å²) in [6.07, 6.45) is -6.96. The molecule has 246 valence electrons. The molecule has 0 bridgehead atoms. The summed E-state index contributed by atoms with van der Waals surface area (Å²) < 4.78 is 57.6. The second kappa shape index (κ2) is 12.7. The molecule has 0 saturated carbocycles. The van der Waals surface area contributed by atoms with E-state index in [4.69, 9.17) is 47.4 Å². The number of hydrogen-bond acceptors (Lipinski definition) is 13. The van der Waals surface area contributed by atoms with Gasteiger partial charge >= 0.3 is 12.1 Å². The van der Waals surface area contributed by atoms with E-state index < -0.39 is 96.4 Å². The lowest BCUT2D eigenvalue weighted by atomic mass is 9.98. The topological polar surface area (TPSA) is 168 Å². The minimum absolute atomic E-state index is 0.221. The molecule has 0 aromatic carbocycles. The molecule has 0 aliphatic carbocycles. The molecule has 4 aliphatic rings. The average Bonchev–Trinajstić information content (AvgIpc) is 3.55. The Morgan fingerprint density at radius 1 is 0.744 bits per heavy atom. The molecule has 0 radical (unpaired) electrons. The zero-order chi connectivity index (χ0) is 31.9. The molecule has 4 saturated heterocycles. The Balaban J connectivity index is 1.52. The van der Waals surface area contributed by atoms with E-state index in [0.717, 1.165) is 0 Å². The van der Waals surface area contributed by atoms with E-state index in [9.17, 15) is 14.4 Å². The van der Waals surface area contributed by atoms with Gasteiger partial charge in [0.15, 0.2) is 24.2 Å². The van der Waals surface area contributed by atoms with Gasteiger partial charge < -0.3 is 58.0 Å². The standard InChI is InChI=1S/C28H46N2O13/c1-26(2,3)43-25(33)30-13(17-19(35-9)21-23(37-17)41-27(4,5)39-21)11-15(31)29-14(12-16(32)34-8)18-20(36-10)22-24(38-18)42-28(6,7)40-22/h13-14,17-24H,11-12H2,1-10H3,(H,29,31)(H,30,33)/t13-,14-,17+,18+,19-,20-,21+,22+,23+,24+/m0/s1. The van der Waals surface area contributed by atoms with Crippen LogP contribution in [-0.4, -0.2) is 118 Å². The van der Waals surface area contributed by atoms with E-state index in [1.165, 1.54) is 21.3 Å². The summed E-state index contributed by atoms with van der Waals surface area (Å²) in [5.41, 5.74) is -0.793. The highest BCUT2D eigenvalue weighted by Gasteiger charge is 2.59. The fourth-order valence-electron chi connectivity index (χ4n) is 5.88. The number of fused-ring (bicyclic) bond motifs is 2. The van der Waals surface area contributed by atoms with Crippen LogP contribution in [0.3, 0.4) is 0 Å². The maximum atomic E-state index is 13.6. The molecule has 2 amide bonds. The van der Waals surface area contributed by atoms with Crippen molar-refractivity contribution in [2.24, 2.45) is 0 Å². The Morgan fingerprint density at radius 2 is 1.21 bits per heavy atom. The van der Waals surface area contributed by atoms with Crippen LogP contribution in [0.25, 0.3) is 0 Å². The third-order valence-corrected chi connectivity index (χ3v) is 7.46. The lowest BCUT2D eigenvalue weighted by Crippen LogP contribution is -2.55. The summed E-state index contributed by atoms with van der Waals surface area (Å²) >= 11 is 0. The van der Waals surface area contributed by atoms with Gasteiger partial charge in [-0.05, 0) is 48.5 Å². The molecule has 0 aromatic heterocycles. The molecule has 10 atom stereocenters. The number of carbonyl (C=O) groups is 3. The number of methoxy groups -OCH3 is 3. The molecule has 15 nitrogen and oxygen atoms in total. The Morgan fingerprint density at radius 3 is 1.63 bits per heavy atom. The smallest absolute Gasteiger partial charge is 0.407 e. The highest BCUT2D eigenvalue weighted by Crippen LogP contribution is 2.41. The van der Waals surface area contributed by atoms with Crippen LogP contribution in [0, 0.1) is 0 Å². The Bertz CT molecular complexity index is 1030. The predicted molar refractivity (Wildman–Crippen MR) is 145 cm³/mol. The van der Waals surface area contributed by atoms with E-state index in [-0.39, 0.29) is 12.8 Å². The number of amides is 2. The molecule has 0 aromatic rings. The summed E-state index contributed by atoms with van der Waals surface area (Å²) in [4.78, 5) is 38.9. The van der Waals surface area contributed by atoms with Crippen molar-refractivity contribution in [3.05, 3.63) is 0 Å². The number of rotatable bonds is 10. The zero-order valence-corrected chi connectivity index (χ0v) is 26.5. The van der Waals surface area contributed by atoms with E-state index >= 15 is 0 Å². The summed E-state index contributed by atoms with van der Waals surface area (Å²) in [6, 6.07) is -1.82. The summed E-state index contributed by atoms with van der Waals surface area (Å²) in [5.74, 6) is -2.89. The highest BCUT2D eigenvalue weighted by molar-refractivity contribution is 5.79. The first-order valence-electron chi connectivity index (χ1n) is 14.4. The maximum Gasteiger partial charge on any atom is 0.407 e. The van der Waals surface area contributed by atoms with Gasteiger partial charge in [-0.1, -0.05) is 0 Å². The fourth-order valence-corrected chi connectivity index (χ4v) is 5.88. The lowest BCUT2D eigenvalue weighted by Gasteiger charge is -2.33. The maximum absolute atomic E-state index is 13.6. The Hall–Kier alpha value is -2.11. The number of ether oxygens (including phenoxy) is 10.